The van der Waals surface area contributed by atoms with Crippen LogP contribution in [0.15, 0.2) is 36.5 Å². The second-order valence-electron chi connectivity index (χ2n) is 7.23. The quantitative estimate of drug-likeness (QED) is 0.664. The van der Waals surface area contributed by atoms with Crippen molar-refractivity contribution in [3.8, 4) is 11.8 Å². The Balaban J connectivity index is 1.61. The second kappa shape index (κ2) is 8.13. The molecular weight excluding hydrogens is 344 g/mol. The molecule has 1 fully saturated rings. The molecule has 0 aromatic carbocycles. The van der Waals surface area contributed by atoms with Gasteiger partial charge in [-0.1, -0.05) is 17.9 Å². The number of carbonyl (C=O) groups excluding carboxylic acids is 1. The van der Waals surface area contributed by atoms with Crippen LogP contribution in [0, 0.1) is 17.8 Å². The van der Waals surface area contributed by atoms with E-state index in [1.54, 1.807) is 37.4 Å². The Morgan fingerprint density at radius 3 is 2.96 bits per heavy atom. The average Bonchev–Trinajstić information content (AvgIpc) is 3.07. The molecular formula is C21H24N2O2S. The number of nitrogens with zero attached hydrogens (tertiary/aromatic N) is 2. The fraction of sp³-hybridized carbons (Fsp3) is 0.429. The Kier molecular flexibility index (Phi) is 5.87. The Hall–Kier alpha value is -2.00. The predicted octanol–water partition coefficient (Wildman–Crippen LogP) is 3.36. The van der Waals surface area contributed by atoms with E-state index in [1.165, 1.54) is 4.88 Å². The topological polar surface area (TPSA) is 53.4 Å². The third-order valence-electron chi connectivity index (χ3n) is 4.33. The molecule has 1 N–H and O–H groups in total. The van der Waals surface area contributed by atoms with Crippen molar-refractivity contribution in [2.45, 2.75) is 38.8 Å². The Bertz CT molecular complexity index is 812. The summed E-state index contributed by atoms with van der Waals surface area (Å²) in [6.07, 6.45) is 3.63. The van der Waals surface area contributed by atoms with Crippen LogP contribution in [-0.2, 0) is 6.54 Å². The van der Waals surface area contributed by atoms with Crippen molar-refractivity contribution < 1.29 is 9.90 Å². The number of piperidine rings is 1. The van der Waals surface area contributed by atoms with Crippen molar-refractivity contribution in [2.24, 2.45) is 5.92 Å². The van der Waals surface area contributed by atoms with Gasteiger partial charge in [0.2, 0.25) is 0 Å². The summed E-state index contributed by atoms with van der Waals surface area (Å²) in [5, 5.41) is 9.71. The van der Waals surface area contributed by atoms with Gasteiger partial charge in [-0.05, 0) is 57.5 Å². The molecule has 0 bridgehead atoms. The Morgan fingerprint density at radius 1 is 1.38 bits per heavy atom. The second-order valence-corrected chi connectivity index (χ2v) is 8.40. The van der Waals surface area contributed by atoms with Crippen LogP contribution in [0.3, 0.4) is 0 Å². The van der Waals surface area contributed by atoms with Gasteiger partial charge in [0.15, 0.2) is 5.78 Å². The number of rotatable bonds is 4. The number of pyridine rings is 1. The van der Waals surface area contributed by atoms with E-state index in [4.69, 9.17) is 0 Å². The van der Waals surface area contributed by atoms with Gasteiger partial charge in [-0.2, -0.15) is 0 Å². The maximum absolute atomic E-state index is 12.7. The average molecular weight is 369 g/mol. The van der Waals surface area contributed by atoms with E-state index in [1.807, 2.05) is 18.2 Å². The van der Waals surface area contributed by atoms with E-state index in [2.05, 4.69) is 27.8 Å². The van der Waals surface area contributed by atoms with Crippen LogP contribution in [-0.4, -0.2) is 39.5 Å². The fourth-order valence-electron chi connectivity index (χ4n) is 3.10. The van der Waals surface area contributed by atoms with E-state index < -0.39 is 5.60 Å². The van der Waals surface area contributed by atoms with Gasteiger partial charge in [0, 0.05) is 30.1 Å². The number of ketones is 1. The molecule has 1 saturated heterocycles. The normalized spacial score (nSPS) is 18.2. The third kappa shape index (κ3) is 5.25. The number of aliphatic hydroxyl groups is 1. The summed E-state index contributed by atoms with van der Waals surface area (Å²) in [7, 11) is 0. The minimum absolute atomic E-state index is 0.0214. The van der Waals surface area contributed by atoms with Gasteiger partial charge in [0.05, 0.1) is 4.88 Å². The lowest BCUT2D eigenvalue weighted by Gasteiger charge is -2.31. The standard InChI is InChI=1S/C21H24N2O2S/c1-21(2,25)11-10-17-8-9-18(26-17)15-23-13-5-6-16(14-23)20(24)19-7-3-4-12-22-19/h3-4,7-9,12,16,25H,5-6,13-15H2,1-2H3. The van der Waals surface area contributed by atoms with Gasteiger partial charge in [0.25, 0.3) is 0 Å². The number of Topliss-reactive ketones (excluding diaryl/α,β-unsaturated/α-hetero) is 1. The fourth-order valence-corrected chi connectivity index (χ4v) is 4.00. The molecule has 2 aromatic rings. The highest BCUT2D eigenvalue weighted by atomic mass is 32.1. The summed E-state index contributed by atoms with van der Waals surface area (Å²) >= 11 is 1.65. The van der Waals surface area contributed by atoms with Gasteiger partial charge in [-0.3, -0.25) is 14.7 Å². The van der Waals surface area contributed by atoms with Crippen molar-refractivity contribution in [3.05, 3.63) is 52.0 Å². The van der Waals surface area contributed by atoms with Gasteiger partial charge in [-0.15, -0.1) is 11.3 Å². The molecule has 1 aliphatic heterocycles. The Morgan fingerprint density at radius 2 is 2.23 bits per heavy atom. The molecule has 0 radical (unpaired) electrons. The highest BCUT2D eigenvalue weighted by molar-refractivity contribution is 7.12. The van der Waals surface area contributed by atoms with Crippen LogP contribution < -0.4 is 0 Å². The van der Waals surface area contributed by atoms with E-state index in [0.717, 1.165) is 37.4 Å². The molecule has 0 amide bonds. The molecule has 0 aliphatic carbocycles. The van der Waals surface area contributed by atoms with Gasteiger partial charge >= 0.3 is 0 Å². The van der Waals surface area contributed by atoms with Crippen molar-refractivity contribution in [1.29, 1.82) is 0 Å². The maximum atomic E-state index is 12.7. The minimum Gasteiger partial charge on any atom is -0.378 e. The molecule has 2 aromatic heterocycles. The third-order valence-corrected chi connectivity index (χ3v) is 5.31. The van der Waals surface area contributed by atoms with Crippen molar-refractivity contribution in [3.63, 3.8) is 0 Å². The molecule has 5 heteroatoms. The lowest BCUT2D eigenvalue weighted by atomic mass is 9.92. The smallest absolute Gasteiger partial charge is 0.185 e. The minimum atomic E-state index is -0.976. The SMILES string of the molecule is CC(C)(O)C#Cc1ccc(CN2CCCC(C(=O)c3ccccn3)C2)s1. The number of carbonyl (C=O) groups is 1. The summed E-state index contributed by atoms with van der Waals surface area (Å²) in [6, 6.07) is 9.58. The first-order valence-corrected chi connectivity index (χ1v) is 9.74. The van der Waals surface area contributed by atoms with Gasteiger partial charge < -0.3 is 5.11 Å². The van der Waals surface area contributed by atoms with Crippen molar-refractivity contribution >= 4 is 17.1 Å². The zero-order valence-corrected chi connectivity index (χ0v) is 16.1. The number of thiophene rings is 1. The van der Waals surface area contributed by atoms with E-state index in [-0.39, 0.29) is 11.7 Å². The molecule has 3 rings (SSSR count). The molecule has 1 unspecified atom stereocenters. The molecule has 4 nitrogen and oxygen atoms in total. The predicted molar refractivity (Wildman–Crippen MR) is 104 cm³/mol. The van der Waals surface area contributed by atoms with Gasteiger partial charge in [0.1, 0.15) is 11.3 Å². The lowest BCUT2D eigenvalue weighted by molar-refractivity contribution is 0.0807. The van der Waals surface area contributed by atoms with E-state index in [9.17, 15) is 9.90 Å². The molecule has 1 atom stereocenters. The maximum Gasteiger partial charge on any atom is 0.185 e. The molecule has 1 aliphatic rings. The number of aromatic nitrogens is 1. The molecule has 136 valence electrons. The molecule has 3 heterocycles. The van der Waals surface area contributed by atoms with Gasteiger partial charge in [-0.25, -0.2) is 0 Å². The first kappa shape index (κ1) is 18.8. The van der Waals surface area contributed by atoms with Crippen LogP contribution in [0.4, 0.5) is 0 Å². The van der Waals surface area contributed by atoms with Crippen LogP contribution >= 0.6 is 11.3 Å². The number of hydrogen-bond donors (Lipinski definition) is 1. The van der Waals surface area contributed by atoms with Crippen molar-refractivity contribution in [2.75, 3.05) is 13.1 Å². The van der Waals surface area contributed by atoms with Crippen molar-refractivity contribution in [1.82, 2.24) is 9.88 Å². The highest BCUT2D eigenvalue weighted by Crippen LogP contribution is 2.24. The number of likely N-dealkylation sites (tertiary alicyclic amines) is 1. The zero-order chi connectivity index (χ0) is 18.6. The molecule has 0 spiro atoms. The largest absolute Gasteiger partial charge is 0.378 e. The lowest BCUT2D eigenvalue weighted by Crippen LogP contribution is -2.38. The van der Waals surface area contributed by atoms with Crippen LogP contribution in [0.5, 0.6) is 0 Å². The summed E-state index contributed by atoms with van der Waals surface area (Å²) in [6.45, 7) is 5.98. The van der Waals surface area contributed by atoms with E-state index in [0.29, 0.717) is 5.69 Å². The number of hydrogen-bond acceptors (Lipinski definition) is 5. The summed E-state index contributed by atoms with van der Waals surface area (Å²) in [5.41, 5.74) is -0.407. The molecule has 0 saturated carbocycles. The van der Waals surface area contributed by atoms with E-state index >= 15 is 0 Å². The van der Waals surface area contributed by atoms with Crippen LogP contribution in [0.2, 0.25) is 0 Å². The summed E-state index contributed by atoms with van der Waals surface area (Å²) in [4.78, 5) is 21.4. The summed E-state index contributed by atoms with van der Waals surface area (Å²) in [5.74, 6) is 6.05. The Labute approximate surface area is 158 Å². The first-order valence-electron chi connectivity index (χ1n) is 8.92. The zero-order valence-electron chi connectivity index (χ0n) is 15.2. The van der Waals surface area contributed by atoms with Crippen LogP contribution in [0.1, 0.15) is 46.9 Å². The first-order chi connectivity index (χ1) is 12.4. The highest BCUT2D eigenvalue weighted by Gasteiger charge is 2.27. The summed E-state index contributed by atoms with van der Waals surface area (Å²) < 4.78 is 0. The van der Waals surface area contributed by atoms with Crippen LogP contribution in [0.25, 0.3) is 0 Å². The monoisotopic (exact) mass is 368 g/mol. The molecule has 26 heavy (non-hydrogen) atoms.